The van der Waals surface area contributed by atoms with Crippen LogP contribution in [-0.4, -0.2) is 303 Å². The van der Waals surface area contributed by atoms with E-state index in [1.54, 1.807) is 6.92 Å². The number of nitrogens with two attached hydrogens (primary N) is 2. The number of aliphatic hydroxyl groups excluding tert-OH is 8. The lowest BCUT2D eigenvalue weighted by atomic mass is 9.94. The average Bonchev–Trinajstić information content (AvgIpc) is 1.68. The summed E-state index contributed by atoms with van der Waals surface area (Å²) in [6.07, 6.45) is -1.47. The molecule has 0 aromatic heterocycles. The maximum atomic E-state index is 14.8. The third kappa shape index (κ3) is 39.3. The predicted molar refractivity (Wildman–Crippen MR) is 461 cm³/mol. The Kier molecular flexibility index (Phi) is 52.1. The number of phenols is 1. The number of benzene rings is 1. The van der Waals surface area contributed by atoms with Gasteiger partial charge in [0, 0.05) is 25.9 Å². The van der Waals surface area contributed by atoms with Gasteiger partial charge in [0.05, 0.1) is 74.3 Å². The summed E-state index contributed by atoms with van der Waals surface area (Å²) in [7, 11) is 5.47. The summed E-state index contributed by atoms with van der Waals surface area (Å²) in [6.45, 7) is 14.7. The van der Waals surface area contributed by atoms with E-state index >= 15 is 0 Å². The highest BCUT2D eigenvalue weighted by atomic mass is 32.0. The average molecular weight is 1810 g/mol. The Hall–Kier alpha value is -7.88. The van der Waals surface area contributed by atoms with Crippen molar-refractivity contribution in [3.63, 3.8) is 0 Å². The van der Waals surface area contributed by atoms with Crippen molar-refractivity contribution in [3.05, 3.63) is 29.3 Å². The molecule has 0 saturated carbocycles. The fourth-order valence-electron chi connectivity index (χ4n) is 13.7. The van der Waals surface area contributed by atoms with E-state index in [0.29, 0.717) is 43.7 Å². The highest BCUT2D eigenvalue weighted by molar-refractivity contribution is 8.01. The third-order valence-electron chi connectivity index (χ3n) is 21.1. The van der Waals surface area contributed by atoms with Gasteiger partial charge in [0.2, 0.25) is 76.8 Å². The summed E-state index contributed by atoms with van der Waals surface area (Å²) in [6, 6.07) is -14.8. The van der Waals surface area contributed by atoms with Gasteiger partial charge in [0.15, 0.2) is 5.78 Å². The minimum Gasteiger partial charge on any atom is -0.508 e. The van der Waals surface area contributed by atoms with Crippen LogP contribution in [0.4, 0.5) is 0 Å². The Morgan fingerprint density at radius 2 is 1.08 bits per heavy atom. The number of phenolic OH excluding ortho intramolecular Hbond substituents is 1. The van der Waals surface area contributed by atoms with E-state index in [1.165, 1.54) is 91.3 Å². The van der Waals surface area contributed by atoms with E-state index in [-0.39, 0.29) is 43.9 Å². The summed E-state index contributed by atoms with van der Waals surface area (Å²) < 4.78 is 0. The van der Waals surface area contributed by atoms with Crippen LogP contribution in [0, 0.1) is 18.8 Å². The van der Waals surface area contributed by atoms with Crippen LogP contribution in [0.5, 0.6) is 5.75 Å². The van der Waals surface area contributed by atoms with Crippen LogP contribution in [0.1, 0.15) is 202 Å². The quantitative estimate of drug-likeness (QED) is 0.0217. The van der Waals surface area contributed by atoms with Crippen LogP contribution >= 0.6 is 26.7 Å². The van der Waals surface area contributed by atoms with Gasteiger partial charge in [0.25, 0.3) is 0 Å². The number of amides is 13. The summed E-state index contributed by atoms with van der Waals surface area (Å²) in [4.78, 5) is 204. The number of nitrogens with one attached hydrogen (secondary N) is 12. The molecular formula is C79H139N16O25P3. The van der Waals surface area contributed by atoms with E-state index in [4.69, 9.17) is 16.6 Å². The molecule has 2 aliphatic rings. The fraction of sp³-hybridized carbons (Fsp3) is 0.734. The Morgan fingerprint density at radius 3 is 1.61 bits per heavy atom. The van der Waals surface area contributed by atoms with E-state index in [1.807, 2.05) is 6.92 Å². The first kappa shape index (κ1) is 111. The van der Waals surface area contributed by atoms with E-state index in [9.17, 15) is 118 Å². The van der Waals surface area contributed by atoms with Crippen molar-refractivity contribution in [2.45, 2.75) is 326 Å². The van der Waals surface area contributed by atoms with Crippen molar-refractivity contribution in [1.29, 1.82) is 0 Å². The topological polar surface area (TPSA) is 661 Å². The zero-order valence-electron chi connectivity index (χ0n) is 72.4. The zero-order chi connectivity index (χ0) is 93.2. The number of Topliss-reactive ketones (excluding diaryl/α,β-unsaturated/α-hetero) is 1. The van der Waals surface area contributed by atoms with Gasteiger partial charge in [-0.15, -0.1) is 0 Å². The molecule has 0 radical (unpaired) electrons. The van der Waals surface area contributed by atoms with Crippen LogP contribution in [0.15, 0.2) is 18.2 Å². The van der Waals surface area contributed by atoms with E-state index in [0.717, 1.165) is 64.3 Å². The molecule has 2 aliphatic heterocycles. The monoisotopic (exact) mass is 1800 g/mol. The lowest BCUT2D eigenvalue weighted by Crippen LogP contribution is -2.64. The number of aryl methyl sites for hydroxylation is 1. The second-order valence-corrected chi connectivity index (χ2v) is 34.0. The molecule has 24 atom stereocenters. The summed E-state index contributed by atoms with van der Waals surface area (Å²) >= 11 is 0. The van der Waals surface area contributed by atoms with Crippen LogP contribution in [0.3, 0.4) is 0 Å². The number of unbranched alkanes of at least 4 members (excludes halogenated alkanes) is 9. The van der Waals surface area contributed by atoms with Crippen molar-refractivity contribution in [1.82, 2.24) is 73.1 Å². The molecular weight excluding hydrogens is 1670 g/mol. The molecule has 700 valence electrons. The maximum absolute atomic E-state index is 14.8. The summed E-state index contributed by atoms with van der Waals surface area (Å²) in [5.74, 6) is -16.7. The first-order chi connectivity index (χ1) is 57.8. The first-order valence-corrected chi connectivity index (χ1v) is 45.4. The number of aliphatic carboxylic acids is 1. The highest BCUT2D eigenvalue weighted by Gasteiger charge is 2.48. The number of aliphatic hydroxyl groups is 8. The summed E-state index contributed by atoms with van der Waals surface area (Å²) in [5, 5.41) is 135. The largest absolute Gasteiger partial charge is 0.508 e. The molecule has 0 aliphatic carbocycles. The van der Waals surface area contributed by atoms with Crippen LogP contribution in [0.25, 0.3) is 0 Å². The minimum absolute atomic E-state index is 0.0915. The summed E-state index contributed by atoms with van der Waals surface area (Å²) in [5.41, 5.74) is 11.6. The Balaban J connectivity index is 0.00000393. The molecule has 7 unspecified atom stereocenters. The number of carboxylic acids is 1. The van der Waals surface area contributed by atoms with Gasteiger partial charge in [0.1, 0.15) is 72.2 Å². The molecule has 26 N–H and O–H groups in total. The number of carbonyl (C=O) groups is 15. The molecule has 0 spiro atoms. The molecule has 0 bridgehead atoms. The van der Waals surface area contributed by atoms with E-state index in [2.05, 4.69) is 88.6 Å². The van der Waals surface area contributed by atoms with Gasteiger partial charge >= 0.3 is 5.97 Å². The van der Waals surface area contributed by atoms with Gasteiger partial charge in [-0.2, -0.15) is 0 Å². The lowest BCUT2D eigenvalue weighted by molar-refractivity contribution is -0.147. The Bertz CT molecular complexity index is 3590. The molecule has 1 aromatic rings. The number of rotatable bonds is 56. The van der Waals surface area contributed by atoms with Crippen molar-refractivity contribution in [3.8, 4) is 5.75 Å². The number of hydrogen-bond acceptors (Lipinski definition) is 27. The van der Waals surface area contributed by atoms with Crippen molar-refractivity contribution in [2.75, 3.05) is 32.7 Å². The smallest absolute Gasteiger partial charge is 0.320 e. The van der Waals surface area contributed by atoms with Crippen LogP contribution < -0.4 is 74.8 Å². The van der Waals surface area contributed by atoms with Crippen LogP contribution in [0.2, 0.25) is 0 Å². The molecule has 2 heterocycles. The predicted octanol–water partition coefficient (Wildman–Crippen LogP) is -4.32. The number of aromatic hydroxyl groups is 1. The second-order valence-electron chi connectivity index (χ2n) is 32.1. The molecule has 44 heteroatoms. The number of likely N-dealkylation sites (tertiary alicyclic amines) is 2. The second kappa shape index (κ2) is 57.7. The normalized spacial score (nSPS) is 19.3. The number of β-amino-alcohol motifs (C(OH)–C–C–N with tert-alkyl or cyclic N) is 1. The fourth-order valence-corrected chi connectivity index (χ4v) is 14.8. The van der Waals surface area contributed by atoms with Gasteiger partial charge in [-0.3, -0.25) is 82.1 Å². The number of ketones is 1. The third-order valence-corrected chi connectivity index (χ3v) is 22.6. The van der Waals surface area contributed by atoms with Gasteiger partial charge < -0.3 is 126 Å². The van der Waals surface area contributed by atoms with Gasteiger partial charge in [-0.05, 0) is 138 Å². The molecule has 1 aromatic carbocycles. The molecule has 2 saturated heterocycles. The van der Waals surface area contributed by atoms with Gasteiger partial charge in [-0.25, -0.2) is 0 Å². The first-order valence-electron chi connectivity index (χ1n) is 42.0. The highest BCUT2D eigenvalue weighted by Crippen LogP contribution is 2.26. The zero-order valence-corrected chi connectivity index (χ0v) is 75.7. The molecule has 123 heavy (non-hydrogen) atoms. The molecule has 3 rings (SSSR count). The SMILES string of the molecule is CCCCCCCCCCCCC(C)[C@@H](O)CC(=O)N[C@@H](C(=O)N[C@H](C)C(=O)N[C@@H](Cc1ccc(O)c(C)c1)C(=O)N[C@H](C(=O)N1C[C@H](O)C[C@H]1C(=O)N[C@@H](C(=O)N[C@H](C(=O)N1CC[C@H](O)[C@H]1C(=O)NC(C(=O)NCC(=O)N[C@@H](C(=O)N[C@@H](CCCN)C(C)=O)[C@@H](C)O)C(O)CC(N)=O)[C@@H](C)O)[C@@H](C)O)C(C)C)[C@@H](C)O.O=C(O)C(CCCNPP)NP. The van der Waals surface area contributed by atoms with Crippen LogP contribution in [-0.2, 0) is 78.3 Å². The number of nitrogens with zero attached hydrogens (tertiary/aromatic N) is 2. The van der Waals surface area contributed by atoms with Crippen molar-refractivity contribution >= 4 is 115 Å². The molecule has 13 amide bonds. The minimum atomic E-state index is -2.17. The number of carboxylic acid groups (broad SMARTS) is 1. The standard InChI is InChI=1S/C74H124N14O23.C5H15N2O2P3/c1-12-13-14-15-16-17-18-19-20-21-23-38(4)53(97)34-56(100)81-59(42(8)90)69(106)78-40(6)65(102)80-49(31-46-25-26-51(95)39(5)30-46)66(103)83-58(37(2)3)73(110)88-36-47(94)32-50(88)67(104)84-61(44(10)92)71(108)85-62(45(11)93)74(111)87-29-27-52(96)64(87)72(109)86-63(54(98)33-55(76)99)68(105)77-35-57(101)82-60(43(9)91)70(107)79-48(41(7)89)24-22-28-75;8-5(9)4(7-10)2-1-3-6-12-11/h25-26,30,37-38,40,42-45,47-50,52-54,58-64,90-98H,12-24,27-29,31-36,75H2,1-11H3,(H2,76,99)(H,77,105)(H,78,106)(H,79,107)(H,80,102)(H,81,100)(H,82,101)(H,83,103)(H,84,104)(H,85,108)(H,86,109);4,6-7,12H,1-3,10-11H2,(H,8,9)/t38?,40-,42-,43-,44-,45-,47-,48+,49+,50+,52+,53+,54?,58+,59-,60-,61-,62+,63?,64+;/m1./s1. The van der Waals surface area contributed by atoms with Crippen molar-refractivity contribution in [2.24, 2.45) is 23.3 Å². The Morgan fingerprint density at radius 1 is 0.561 bits per heavy atom. The number of hydrogen-bond donors (Lipinski definition) is 24. The Labute approximate surface area is 725 Å². The van der Waals surface area contributed by atoms with E-state index < -0.39 is 248 Å². The maximum Gasteiger partial charge on any atom is 0.320 e. The van der Waals surface area contributed by atoms with Crippen molar-refractivity contribution < 1.29 is 123 Å². The molecule has 41 nitrogen and oxygen atoms in total. The lowest BCUT2D eigenvalue weighted by Gasteiger charge is -2.34. The number of primary amides is 1. The molecule has 2 fully saturated rings. The van der Waals surface area contributed by atoms with Gasteiger partial charge in [-0.1, -0.05) is 122 Å². The number of carbonyl (C=O) groups excluding carboxylic acids is 14.